The second kappa shape index (κ2) is 13.5. The van der Waals surface area contributed by atoms with Crippen molar-refractivity contribution in [2.45, 2.75) is 50.5 Å². The molecular formula is C30H34F3N6O7P. The fourth-order valence-corrected chi connectivity index (χ4v) is 6.76. The highest BCUT2D eigenvalue weighted by atomic mass is 31.2. The molecule has 2 heterocycles. The molecule has 1 aromatic heterocycles. The predicted octanol–water partition coefficient (Wildman–Crippen LogP) is 5.21. The number of halogens is 3. The zero-order chi connectivity index (χ0) is 34.1. The number of carbonyl (C=O) groups excluding carboxylic acids is 2. The van der Waals surface area contributed by atoms with Crippen LogP contribution >= 0.6 is 7.60 Å². The summed E-state index contributed by atoms with van der Waals surface area (Å²) in [5.74, 6) is -1.32. The number of hydroxylamine groups is 1. The summed E-state index contributed by atoms with van der Waals surface area (Å²) in [4.78, 5) is 58.3. The number of methoxy groups -OCH3 is 1. The Morgan fingerprint density at radius 2 is 1.79 bits per heavy atom. The number of aromatic nitrogens is 2. The maximum Gasteiger partial charge on any atom is 0.421 e. The van der Waals surface area contributed by atoms with Crippen molar-refractivity contribution in [1.82, 2.24) is 20.3 Å². The van der Waals surface area contributed by atoms with Gasteiger partial charge in [-0.3, -0.25) is 19.0 Å². The Morgan fingerprint density at radius 3 is 2.43 bits per heavy atom. The number of nitrogens with zero attached hydrogens (tertiary/aromatic N) is 3. The predicted molar refractivity (Wildman–Crippen MR) is 164 cm³/mol. The molecule has 3 aromatic rings. The van der Waals surface area contributed by atoms with Crippen molar-refractivity contribution in [1.29, 1.82) is 0 Å². The van der Waals surface area contributed by atoms with Gasteiger partial charge in [-0.2, -0.15) is 18.2 Å². The van der Waals surface area contributed by atoms with Crippen LogP contribution in [0.1, 0.15) is 64.2 Å². The fraction of sp³-hybridized carbons (Fsp3) is 0.400. The van der Waals surface area contributed by atoms with Crippen molar-refractivity contribution in [2.24, 2.45) is 5.92 Å². The number of hydrogen-bond donors (Lipinski definition) is 5. The van der Waals surface area contributed by atoms with Gasteiger partial charge in [0.25, 0.3) is 5.91 Å². The number of carbonyl (C=O) groups is 2. The standard InChI is InChI=1S/C30H34F3N6O7P/c1-39-14-20-19(17-5-7-18(8-6-17)27(40)38-46-3)9-11-23(25(20)28(39)41)35-26-21(30(31,32)33)13-34-29(37-26)36-22-10-4-16(12-24(22)45-2)15-47(42,43)44/h4,9-13,17-18H,5-8,14-15H2,1-3H3,(H,38,40)(H2,42,43,44)(H2,34,35,36,37)/t17-,18+. The Hall–Kier alpha value is -4.24. The number of amides is 2. The van der Waals surface area contributed by atoms with E-state index in [-0.39, 0.29) is 64.4 Å². The molecule has 1 aliphatic carbocycles. The van der Waals surface area contributed by atoms with E-state index in [9.17, 15) is 37.1 Å². The van der Waals surface area contributed by atoms with Crippen LogP contribution in [0.15, 0.2) is 36.5 Å². The number of alkyl halides is 3. The molecule has 2 aromatic carbocycles. The Balaban J connectivity index is 1.45. The van der Waals surface area contributed by atoms with Crippen LogP contribution in [-0.2, 0) is 33.1 Å². The Bertz CT molecular complexity index is 1730. The molecule has 2 aliphatic rings. The summed E-state index contributed by atoms with van der Waals surface area (Å²) in [6.07, 6.45) is -2.10. The van der Waals surface area contributed by atoms with E-state index in [1.54, 1.807) is 13.1 Å². The molecule has 17 heteroatoms. The average molecular weight is 679 g/mol. The van der Waals surface area contributed by atoms with Crippen molar-refractivity contribution < 1.29 is 46.7 Å². The lowest BCUT2D eigenvalue weighted by Crippen LogP contribution is -2.32. The molecule has 0 unspecified atom stereocenters. The van der Waals surface area contributed by atoms with Gasteiger partial charge in [-0.15, -0.1) is 0 Å². The summed E-state index contributed by atoms with van der Waals surface area (Å²) in [5, 5.41) is 5.54. The molecule has 5 N–H and O–H groups in total. The van der Waals surface area contributed by atoms with Gasteiger partial charge in [-0.1, -0.05) is 12.1 Å². The first kappa shape index (κ1) is 34.1. The smallest absolute Gasteiger partial charge is 0.421 e. The molecular weight excluding hydrogens is 644 g/mol. The van der Waals surface area contributed by atoms with Crippen LogP contribution in [0.4, 0.5) is 36.3 Å². The Kier molecular flexibility index (Phi) is 9.78. The monoisotopic (exact) mass is 678 g/mol. The summed E-state index contributed by atoms with van der Waals surface area (Å²) < 4.78 is 59.1. The van der Waals surface area contributed by atoms with Crippen molar-refractivity contribution >= 4 is 42.6 Å². The number of anilines is 4. The molecule has 0 bridgehead atoms. The molecule has 0 radical (unpaired) electrons. The van der Waals surface area contributed by atoms with Gasteiger partial charge >= 0.3 is 13.8 Å². The van der Waals surface area contributed by atoms with E-state index in [1.807, 2.05) is 6.07 Å². The second-order valence-corrected chi connectivity index (χ2v) is 13.1. The molecule has 1 saturated carbocycles. The first-order chi connectivity index (χ1) is 22.2. The van der Waals surface area contributed by atoms with E-state index in [4.69, 9.17) is 9.57 Å². The van der Waals surface area contributed by atoms with Crippen LogP contribution < -0.4 is 20.9 Å². The second-order valence-electron chi connectivity index (χ2n) is 11.5. The fourth-order valence-electron chi connectivity index (χ4n) is 6.08. The molecule has 1 fully saturated rings. The minimum Gasteiger partial charge on any atom is -0.495 e. The maximum atomic E-state index is 14.1. The van der Waals surface area contributed by atoms with Gasteiger partial charge in [-0.05, 0) is 66.5 Å². The van der Waals surface area contributed by atoms with Crippen LogP contribution in [0.5, 0.6) is 5.75 Å². The summed E-state index contributed by atoms with van der Waals surface area (Å²) in [6, 6.07) is 7.65. The number of ether oxygens (including phenoxy) is 1. The van der Waals surface area contributed by atoms with Crippen LogP contribution in [-0.4, -0.2) is 57.7 Å². The minimum absolute atomic E-state index is 0.0624. The number of benzene rings is 2. The molecule has 2 amide bonds. The number of nitrogens with one attached hydrogen (secondary N) is 3. The first-order valence-electron chi connectivity index (χ1n) is 14.6. The lowest BCUT2D eigenvalue weighted by Gasteiger charge is -2.29. The van der Waals surface area contributed by atoms with Crippen LogP contribution in [0.2, 0.25) is 0 Å². The number of rotatable bonds is 10. The molecule has 0 saturated heterocycles. The van der Waals surface area contributed by atoms with E-state index in [2.05, 4.69) is 26.1 Å². The topological polar surface area (TPSA) is 175 Å². The number of hydrogen-bond acceptors (Lipinski definition) is 9. The van der Waals surface area contributed by atoms with E-state index in [0.717, 1.165) is 5.56 Å². The third-order valence-electron chi connectivity index (χ3n) is 8.29. The van der Waals surface area contributed by atoms with Crippen molar-refractivity contribution in [3.63, 3.8) is 0 Å². The molecule has 5 rings (SSSR count). The van der Waals surface area contributed by atoms with E-state index in [1.165, 1.54) is 37.3 Å². The van der Waals surface area contributed by atoms with Crippen molar-refractivity contribution in [3.05, 3.63) is 64.3 Å². The lowest BCUT2D eigenvalue weighted by atomic mass is 9.76. The lowest BCUT2D eigenvalue weighted by molar-refractivity contribution is -0.137. The third-order valence-corrected chi connectivity index (χ3v) is 9.07. The highest BCUT2D eigenvalue weighted by Crippen LogP contribution is 2.44. The Labute approximate surface area is 268 Å². The van der Waals surface area contributed by atoms with Crippen molar-refractivity contribution in [3.8, 4) is 5.75 Å². The maximum absolute atomic E-state index is 14.1. The first-order valence-corrected chi connectivity index (χ1v) is 16.4. The molecule has 13 nitrogen and oxygen atoms in total. The molecule has 47 heavy (non-hydrogen) atoms. The largest absolute Gasteiger partial charge is 0.495 e. The van der Waals surface area contributed by atoms with Gasteiger partial charge in [0.2, 0.25) is 11.9 Å². The SMILES string of the molecule is CONC(=O)[C@H]1CC[C@@H](c2ccc(Nc3nc(Nc4ccc(CP(=O)(O)O)cc4OC)ncc3C(F)(F)F)c3c2CN(C)C3=O)CC1. The van der Waals surface area contributed by atoms with Crippen LogP contribution in [0, 0.1) is 5.92 Å². The van der Waals surface area contributed by atoms with E-state index < -0.39 is 31.3 Å². The van der Waals surface area contributed by atoms with E-state index in [0.29, 0.717) is 37.4 Å². The van der Waals surface area contributed by atoms with E-state index >= 15 is 0 Å². The highest BCUT2D eigenvalue weighted by molar-refractivity contribution is 7.50. The highest BCUT2D eigenvalue weighted by Gasteiger charge is 2.38. The quantitative estimate of drug-likeness (QED) is 0.141. The number of fused-ring (bicyclic) bond motifs is 1. The van der Waals surface area contributed by atoms with Gasteiger partial charge in [0.1, 0.15) is 17.1 Å². The van der Waals surface area contributed by atoms with Gasteiger partial charge in [0.15, 0.2) is 0 Å². The zero-order valence-corrected chi connectivity index (χ0v) is 26.6. The summed E-state index contributed by atoms with van der Waals surface area (Å²) in [7, 11) is -0.0365. The van der Waals surface area contributed by atoms with Crippen LogP contribution in [0.25, 0.3) is 0 Å². The van der Waals surface area contributed by atoms with Crippen molar-refractivity contribution in [2.75, 3.05) is 31.9 Å². The normalized spacial score (nSPS) is 18.1. The van der Waals surface area contributed by atoms with Gasteiger partial charge in [0, 0.05) is 25.7 Å². The molecule has 1 aliphatic heterocycles. The molecule has 252 valence electrons. The third kappa shape index (κ3) is 7.67. The molecule has 0 spiro atoms. The Morgan fingerprint density at radius 1 is 1.09 bits per heavy atom. The van der Waals surface area contributed by atoms with Gasteiger partial charge in [-0.25, -0.2) is 10.5 Å². The average Bonchev–Trinajstić information content (AvgIpc) is 3.31. The summed E-state index contributed by atoms with van der Waals surface area (Å²) in [5.41, 5.74) is 3.79. The summed E-state index contributed by atoms with van der Waals surface area (Å²) >= 11 is 0. The summed E-state index contributed by atoms with van der Waals surface area (Å²) in [6.45, 7) is 0.281. The van der Waals surface area contributed by atoms with Gasteiger partial charge < -0.3 is 30.1 Å². The zero-order valence-electron chi connectivity index (χ0n) is 25.7. The molecule has 0 atom stereocenters. The van der Waals surface area contributed by atoms with Crippen LogP contribution in [0.3, 0.4) is 0 Å². The minimum atomic E-state index is -4.83. The van der Waals surface area contributed by atoms with Gasteiger partial charge in [0.05, 0.1) is 37.3 Å².